The van der Waals surface area contributed by atoms with E-state index in [1.807, 2.05) is 0 Å². The van der Waals surface area contributed by atoms with Crippen LogP contribution in [0.5, 0.6) is 0 Å². The molecule has 4 heteroatoms. The quantitative estimate of drug-likeness (QED) is 0.689. The van der Waals surface area contributed by atoms with E-state index in [0.29, 0.717) is 0 Å². The van der Waals surface area contributed by atoms with Crippen molar-refractivity contribution in [1.29, 1.82) is 0 Å². The lowest BCUT2D eigenvalue weighted by Gasteiger charge is -2.03. The van der Waals surface area contributed by atoms with Crippen molar-refractivity contribution < 1.29 is 0 Å². The number of aryl methyl sites for hydroxylation is 2. The summed E-state index contributed by atoms with van der Waals surface area (Å²) in [6.07, 6.45) is 6.24. The van der Waals surface area contributed by atoms with Gasteiger partial charge in [0.05, 0.1) is 0 Å². The minimum Gasteiger partial charge on any atom is -0.240 e. The van der Waals surface area contributed by atoms with E-state index in [1.165, 1.54) is 53.9 Å². The van der Waals surface area contributed by atoms with E-state index in [2.05, 4.69) is 26.4 Å². The van der Waals surface area contributed by atoms with E-state index in [4.69, 9.17) is 4.98 Å². The molecule has 0 spiro atoms. The van der Waals surface area contributed by atoms with Gasteiger partial charge in [0.25, 0.3) is 0 Å². The summed E-state index contributed by atoms with van der Waals surface area (Å²) in [7, 11) is 0. The average Bonchev–Trinajstić information content (AvgIpc) is 2.49. The largest absolute Gasteiger partial charge is 0.240 e. The number of rotatable bonds is 0. The van der Waals surface area contributed by atoms with E-state index in [0.717, 1.165) is 15.9 Å². The van der Waals surface area contributed by atoms with Gasteiger partial charge in [0.1, 0.15) is 9.43 Å². The summed E-state index contributed by atoms with van der Waals surface area (Å²) in [6.45, 7) is 0. The third-order valence-electron chi connectivity index (χ3n) is 2.95. The predicted molar refractivity (Wildman–Crippen MR) is 66.4 cm³/mol. The highest BCUT2D eigenvalue weighted by Gasteiger charge is 2.13. The van der Waals surface area contributed by atoms with Crippen molar-refractivity contribution in [3.8, 4) is 0 Å². The molecule has 0 fully saturated rings. The second kappa shape index (κ2) is 3.83. The van der Waals surface area contributed by atoms with Gasteiger partial charge in [-0.3, -0.25) is 0 Å². The summed E-state index contributed by atoms with van der Waals surface area (Å²) < 4.78 is 5.23. The number of hydrogen-bond acceptors (Lipinski definition) is 3. The Morgan fingerprint density at radius 1 is 1.20 bits per heavy atom. The van der Waals surface area contributed by atoms with Crippen LogP contribution >= 0.6 is 27.5 Å². The molecule has 15 heavy (non-hydrogen) atoms. The van der Waals surface area contributed by atoms with Gasteiger partial charge in [0.2, 0.25) is 0 Å². The Balaban J connectivity index is 2.22. The summed E-state index contributed by atoms with van der Waals surface area (Å²) in [5.74, 6) is 0. The van der Waals surface area contributed by atoms with E-state index in [-0.39, 0.29) is 0 Å². The Morgan fingerprint density at radius 2 is 2.07 bits per heavy atom. The normalized spacial score (nSPS) is 16.3. The summed E-state index contributed by atoms with van der Waals surface area (Å²) in [6, 6.07) is 2.27. The Labute approximate surface area is 101 Å². The molecule has 0 aromatic carbocycles. The Morgan fingerprint density at radius 3 is 3.00 bits per heavy atom. The summed E-state index contributed by atoms with van der Waals surface area (Å²) in [5.41, 5.74) is 2.73. The average molecular weight is 283 g/mol. The predicted octanol–water partition coefficient (Wildman–Crippen LogP) is 3.72. The molecule has 2 aromatic heterocycles. The molecule has 0 radical (unpaired) electrons. The molecule has 2 aromatic rings. The zero-order chi connectivity index (χ0) is 10.3. The first-order valence-electron chi connectivity index (χ1n) is 5.28. The van der Waals surface area contributed by atoms with Crippen LogP contribution in [-0.2, 0) is 12.8 Å². The highest BCUT2D eigenvalue weighted by atomic mass is 79.9. The van der Waals surface area contributed by atoms with E-state index < -0.39 is 0 Å². The van der Waals surface area contributed by atoms with Crippen LogP contribution in [-0.4, -0.2) is 9.36 Å². The smallest absolute Gasteiger partial charge is 0.144 e. The third-order valence-corrected chi connectivity index (χ3v) is 4.55. The first kappa shape index (κ1) is 9.73. The minimum atomic E-state index is 0.946. The molecule has 0 bridgehead atoms. The molecule has 0 atom stereocenters. The molecule has 0 amide bonds. The van der Waals surface area contributed by atoms with Crippen molar-refractivity contribution in [1.82, 2.24) is 9.36 Å². The van der Waals surface area contributed by atoms with Crippen LogP contribution < -0.4 is 0 Å². The highest BCUT2D eigenvalue weighted by molar-refractivity contribution is 9.10. The van der Waals surface area contributed by atoms with Gasteiger partial charge < -0.3 is 0 Å². The number of fused-ring (bicyclic) bond motifs is 2. The molecule has 1 aliphatic carbocycles. The van der Waals surface area contributed by atoms with Crippen LogP contribution in [0, 0.1) is 0 Å². The number of halogens is 1. The van der Waals surface area contributed by atoms with Crippen molar-refractivity contribution in [3.05, 3.63) is 21.9 Å². The first-order valence-corrected chi connectivity index (χ1v) is 6.85. The number of aromatic nitrogens is 2. The molecule has 0 unspecified atom stereocenters. The maximum atomic E-state index is 4.72. The maximum absolute atomic E-state index is 4.72. The molecular weight excluding hydrogens is 272 g/mol. The number of hydrogen-bond donors (Lipinski definition) is 0. The molecular formula is C11H11BrN2S. The van der Waals surface area contributed by atoms with Gasteiger partial charge in [-0.15, -0.1) is 0 Å². The van der Waals surface area contributed by atoms with Crippen LogP contribution in [0.15, 0.2) is 10.7 Å². The van der Waals surface area contributed by atoms with E-state index in [1.54, 1.807) is 0 Å². The topological polar surface area (TPSA) is 25.8 Å². The minimum absolute atomic E-state index is 0.946. The van der Waals surface area contributed by atoms with Crippen LogP contribution in [0.25, 0.3) is 10.2 Å². The van der Waals surface area contributed by atoms with Crippen LogP contribution in [0.3, 0.4) is 0 Å². The molecule has 0 saturated heterocycles. The van der Waals surface area contributed by atoms with Crippen LogP contribution in [0.1, 0.15) is 30.5 Å². The van der Waals surface area contributed by atoms with Crippen molar-refractivity contribution in [2.45, 2.75) is 32.1 Å². The SMILES string of the molecule is Brc1nsc2nc3c(cc12)CCCCC3. The molecule has 2 nitrogen and oxygen atoms in total. The molecule has 0 aliphatic heterocycles. The fourth-order valence-electron chi connectivity index (χ4n) is 2.14. The lowest BCUT2D eigenvalue weighted by Crippen LogP contribution is -1.94. The molecule has 2 heterocycles. The second-order valence-corrected chi connectivity index (χ2v) is 5.48. The van der Waals surface area contributed by atoms with Crippen molar-refractivity contribution in [2.24, 2.45) is 0 Å². The van der Waals surface area contributed by atoms with Crippen molar-refractivity contribution in [2.75, 3.05) is 0 Å². The van der Waals surface area contributed by atoms with Crippen molar-refractivity contribution in [3.63, 3.8) is 0 Å². The van der Waals surface area contributed by atoms with Gasteiger partial charge in [0, 0.05) is 11.1 Å². The standard InChI is InChI=1S/C11H11BrN2S/c12-10-8-6-7-4-2-1-3-5-9(7)13-11(8)15-14-10/h6H,1-5H2. The maximum Gasteiger partial charge on any atom is 0.144 e. The monoisotopic (exact) mass is 282 g/mol. The highest BCUT2D eigenvalue weighted by Crippen LogP contribution is 2.29. The Hall–Kier alpha value is -0.480. The zero-order valence-corrected chi connectivity index (χ0v) is 10.7. The van der Waals surface area contributed by atoms with Gasteiger partial charge in [-0.2, -0.15) is 4.37 Å². The molecule has 78 valence electrons. The Bertz CT molecular complexity index is 507. The van der Waals surface area contributed by atoms with Gasteiger partial charge in [-0.05, 0) is 64.8 Å². The van der Waals surface area contributed by atoms with Crippen molar-refractivity contribution >= 4 is 37.7 Å². The fraction of sp³-hybridized carbons (Fsp3) is 0.455. The number of nitrogens with zero attached hydrogens (tertiary/aromatic N) is 2. The van der Waals surface area contributed by atoms with Crippen LogP contribution in [0.2, 0.25) is 0 Å². The lowest BCUT2D eigenvalue weighted by molar-refractivity contribution is 0.709. The summed E-state index contributed by atoms with van der Waals surface area (Å²) >= 11 is 4.96. The first-order chi connectivity index (χ1) is 7.34. The third kappa shape index (κ3) is 1.70. The van der Waals surface area contributed by atoms with E-state index in [9.17, 15) is 0 Å². The van der Waals surface area contributed by atoms with Crippen LogP contribution in [0.4, 0.5) is 0 Å². The van der Waals surface area contributed by atoms with Gasteiger partial charge >= 0.3 is 0 Å². The van der Waals surface area contributed by atoms with E-state index >= 15 is 0 Å². The molecule has 0 saturated carbocycles. The summed E-state index contributed by atoms with van der Waals surface area (Å²) in [5, 5.41) is 1.18. The Kier molecular flexibility index (Phi) is 2.48. The second-order valence-electron chi connectivity index (χ2n) is 3.98. The molecule has 0 N–H and O–H groups in total. The zero-order valence-electron chi connectivity index (χ0n) is 8.29. The van der Waals surface area contributed by atoms with Gasteiger partial charge in [-0.1, -0.05) is 6.42 Å². The summed E-state index contributed by atoms with van der Waals surface area (Å²) in [4.78, 5) is 5.79. The molecule has 1 aliphatic rings. The lowest BCUT2D eigenvalue weighted by atomic mass is 10.1. The van der Waals surface area contributed by atoms with Gasteiger partial charge in [0.15, 0.2) is 0 Å². The van der Waals surface area contributed by atoms with Gasteiger partial charge in [-0.25, -0.2) is 4.98 Å². The fourth-order valence-corrected chi connectivity index (χ4v) is 3.46. The molecule has 3 rings (SSSR count). The number of pyridine rings is 1.